The Morgan fingerprint density at radius 1 is 1.46 bits per heavy atom. The molecule has 13 heavy (non-hydrogen) atoms. The van der Waals surface area contributed by atoms with Crippen LogP contribution >= 0.6 is 0 Å². The van der Waals surface area contributed by atoms with Crippen LogP contribution in [0.15, 0.2) is 0 Å². The minimum Gasteiger partial charge on any atom is -0.453 e. The molecule has 2 amide bonds. The molecule has 0 aromatic carbocycles. The van der Waals surface area contributed by atoms with E-state index in [1.54, 1.807) is 0 Å². The van der Waals surface area contributed by atoms with E-state index in [2.05, 4.69) is 15.4 Å². The number of nitrogens with one attached hydrogen (secondary N) is 2. The molecular formula is C8H16N2O3. The van der Waals surface area contributed by atoms with Crippen molar-refractivity contribution in [1.29, 1.82) is 0 Å². The maximum atomic E-state index is 11.1. The van der Waals surface area contributed by atoms with Gasteiger partial charge in [0.25, 0.3) is 0 Å². The van der Waals surface area contributed by atoms with Crippen molar-refractivity contribution in [1.82, 2.24) is 10.6 Å². The average Bonchev–Trinajstić information content (AvgIpc) is 2.13. The number of rotatable bonds is 4. The fourth-order valence-electron chi connectivity index (χ4n) is 0.653. The molecule has 5 nitrogen and oxygen atoms in total. The molecule has 0 spiro atoms. The first-order valence-electron chi connectivity index (χ1n) is 4.21. The minimum atomic E-state index is -0.598. The smallest absolute Gasteiger partial charge is 0.407 e. The molecule has 0 aromatic rings. The fraction of sp³-hybridized carbons (Fsp3) is 0.750. The van der Waals surface area contributed by atoms with Gasteiger partial charge in [0.15, 0.2) is 0 Å². The summed E-state index contributed by atoms with van der Waals surface area (Å²) in [5.74, 6) is -0.209. The third-order valence-electron chi connectivity index (χ3n) is 1.60. The molecule has 0 fully saturated rings. The van der Waals surface area contributed by atoms with E-state index in [9.17, 15) is 9.59 Å². The summed E-state index contributed by atoms with van der Waals surface area (Å²) in [5, 5.41) is 4.99. The summed E-state index contributed by atoms with van der Waals surface area (Å²) in [5.41, 5.74) is 0. The summed E-state index contributed by atoms with van der Waals surface area (Å²) in [7, 11) is 1.25. The maximum Gasteiger partial charge on any atom is 0.407 e. The van der Waals surface area contributed by atoms with Crippen LogP contribution in [0, 0.1) is 0 Å². The van der Waals surface area contributed by atoms with Crippen molar-refractivity contribution in [2.24, 2.45) is 0 Å². The van der Waals surface area contributed by atoms with Crippen molar-refractivity contribution in [3.8, 4) is 0 Å². The highest BCUT2D eigenvalue weighted by Gasteiger charge is 2.06. The van der Waals surface area contributed by atoms with Gasteiger partial charge in [-0.3, -0.25) is 4.79 Å². The number of hydrogen-bond donors (Lipinski definition) is 2. The predicted octanol–water partition coefficient (Wildman–Crippen LogP) is 0.257. The van der Waals surface area contributed by atoms with Crippen molar-refractivity contribution < 1.29 is 14.3 Å². The Bertz CT molecular complexity index is 182. The lowest BCUT2D eigenvalue weighted by Crippen LogP contribution is -2.40. The van der Waals surface area contributed by atoms with Crippen molar-refractivity contribution in [2.75, 3.05) is 13.7 Å². The summed E-state index contributed by atoms with van der Waals surface area (Å²) in [6.45, 7) is 3.83. The third kappa shape index (κ3) is 5.95. The van der Waals surface area contributed by atoms with Gasteiger partial charge < -0.3 is 15.4 Å². The lowest BCUT2D eigenvalue weighted by atomic mass is 10.2. The van der Waals surface area contributed by atoms with Crippen LogP contribution in [0.2, 0.25) is 0 Å². The molecule has 1 unspecified atom stereocenters. The molecule has 0 aromatic heterocycles. The maximum absolute atomic E-state index is 11.1. The molecule has 0 saturated heterocycles. The second kappa shape index (κ2) is 6.28. The SMILES string of the molecule is CCC(C)NC(=O)CNC(=O)OC. The van der Waals surface area contributed by atoms with Gasteiger partial charge in [-0.05, 0) is 13.3 Å². The topological polar surface area (TPSA) is 67.4 Å². The van der Waals surface area contributed by atoms with E-state index in [0.29, 0.717) is 0 Å². The van der Waals surface area contributed by atoms with Crippen molar-refractivity contribution in [3.63, 3.8) is 0 Å². The van der Waals surface area contributed by atoms with E-state index in [0.717, 1.165) is 6.42 Å². The van der Waals surface area contributed by atoms with E-state index in [4.69, 9.17) is 0 Å². The van der Waals surface area contributed by atoms with Crippen LogP contribution < -0.4 is 10.6 Å². The number of carbonyl (C=O) groups is 2. The standard InChI is InChI=1S/C8H16N2O3/c1-4-6(2)10-7(11)5-9-8(12)13-3/h6H,4-5H2,1-3H3,(H,9,12)(H,10,11). The van der Waals surface area contributed by atoms with Gasteiger partial charge in [0, 0.05) is 6.04 Å². The second-order valence-electron chi connectivity index (χ2n) is 2.72. The van der Waals surface area contributed by atoms with Gasteiger partial charge in [-0.2, -0.15) is 0 Å². The molecule has 0 heterocycles. The Morgan fingerprint density at radius 2 is 2.08 bits per heavy atom. The first kappa shape index (κ1) is 11.7. The quantitative estimate of drug-likeness (QED) is 0.665. The highest BCUT2D eigenvalue weighted by molar-refractivity contribution is 5.82. The molecule has 76 valence electrons. The zero-order valence-electron chi connectivity index (χ0n) is 8.22. The highest BCUT2D eigenvalue weighted by Crippen LogP contribution is 1.86. The van der Waals surface area contributed by atoms with Crippen LogP contribution in [0.5, 0.6) is 0 Å². The number of hydrogen-bond acceptors (Lipinski definition) is 3. The minimum absolute atomic E-state index is 0.0446. The van der Waals surface area contributed by atoms with Gasteiger partial charge in [-0.15, -0.1) is 0 Å². The monoisotopic (exact) mass is 188 g/mol. The summed E-state index contributed by atoms with van der Waals surface area (Å²) in [6.07, 6.45) is 0.267. The van der Waals surface area contributed by atoms with Crippen molar-refractivity contribution in [3.05, 3.63) is 0 Å². The molecule has 0 bridgehead atoms. The highest BCUT2D eigenvalue weighted by atomic mass is 16.5. The number of carbonyl (C=O) groups excluding carboxylic acids is 2. The first-order chi connectivity index (χ1) is 6.10. The second-order valence-corrected chi connectivity index (χ2v) is 2.72. The van der Waals surface area contributed by atoms with Gasteiger partial charge >= 0.3 is 6.09 Å². The fourth-order valence-corrected chi connectivity index (χ4v) is 0.653. The van der Waals surface area contributed by atoms with Crippen molar-refractivity contribution >= 4 is 12.0 Å². The molecule has 2 N–H and O–H groups in total. The lowest BCUT2D eigenvalue weighted by Gasteiger charge is -2.11. The molecule has 1 atom stereocenters. The molecule has 0 aliphatic carbocycles. The number of alkyl carbamates (subject to hydrolysis) is 1. The number of amides is 2. The average molecular weight is 188 g/mol. The van der Waals surface area contributed by atoms with Crippen LogP contribution in [0.3, 0.4) is 0 Å². The van der Waals surface area contributed by atoms with E-state index < -0.39 is 6.09 Å². The Morgan fingerprint density at radius 3 is 2.54 bits per heavy atom. The zero-order valence-corrected chi connectivity index (χ0v) is 8.22. The van der Waals surface area contributed by atoms with Crippen molar-refractivity contribution in [2.45, 2.75) is 26.3 Å². The Labute approximate surface area is 77.8 Å². The summed E-state index contributed by atoms with van der Waals surface area (Å²) in [4.78, 5) is 21.6. The number of ether oxygens (including phenoxy) is 1. The van der Waals surface area contributed by atoms with Crippen LogP contribution in [0.25, 0.3) is 0 Å². The first-order valence-corrected chi connectivity index (χ1v) is 4.21. The number of methoxy groups -OCH3 is 1. The summed E-state index contributed by atoms with van der Waals surface area (Å²) >= 11 is 0. The van der Waals surface area contributed by atoms with E-state index in [-0.39, 0.29) is 18.5 Å². The lowest BCUT2D eigenvalue weighted by molar-refractivity contribution is -0.120. The Kier molecular flexibility index (Phi) is 5.67. The largest absolute Gasteiger partial charge is 0.453 e. The molecule has 0 radical (unpaired) electrons. The molecule has 0 saturated carbocycles. The molecule has 5 heteroatoms. The van der Waals surface area contributed by atoms with Gasteiger partial charge in [-0.25, -0.2) is 4.79 Å². The molecule has 0 rings (SSSR count). The van der Waals surface area contributed by atoms with Crippen LogP contribution in [-0.4, -0.2) is 31.7 Å². The van der Waals surface area contributed by atoms with Crippen LogP contribution in [0.4, 0.5) is 4.79 Å². The predicted molar refractivity (Wildman–Crippen MR) is 48.3 cm³/mol. The van der Waals surface area contributed by atoms with Gasteiger partial charge in [-0.1, -0.05) is 6.92 Å². The van der Waals surface area contributed by atoms with Crippen LogP contribution in [0.1, 0.15) is 20.3 Å². The summed E-state index contributed by atoms with van der Waals surface area (Å²) < 4.78 is 4.30. The molecular weight excluding hydrogens is 172 g/mol. The normalized spacial score (nSPS) is 11.6. The summed E-state index contributed by atoms with van der Waals surface area (Å²) in [6, 6.07) is 0.131. The Balaban J connectivity index is 3.57. The zero-order chi connectivity index (χ0) is 10.3. The third-order valence-corrected chi connectivity index (χ3v) is 1.60. The van der Waals surface area contributed by atoms with E-state index in [1.165, 1.54) is 7.11 Å². The van der Waals surface area contributed by atoms with Gasteiger partial charge in [0.1, 0.15) is 6.54 Å². The van der Waals surface area contributed by atoms with E-state index >= 15 is 0 Å². The Hall–Kier alpha value is -1.26. The van der Waals surface area contributed by atoms with Gasteiger partial charge in [0.2, 0.25) is 5.91 Å². The molecule has 0 aliphatic heterocycles. The molecule has 0 aliphatic rings. The van der Waals surface area contributed by atoms with E-state index in [1.807, 2.05) is 13.8 Å². The van der Waals surface area contributed by atoms with Crippen LogP contribution in [-0.2, 0) is 9.53 Å². The van der Waals surface area contributed by atoms with Gasteiger partial charge in [0.05, 0.1) is 7.11 Å².